The fourth-order valence-corrected chi connectivity index (χ4v) is 2.72. The van der Waals surface area contributed by atoms with Crippen LogP contribution in [0.1, 0.15) is 26.7 Å². The largest absolute Gasteiger partial charge is 0.393 e. The van der Waals surface area contributed by atoms with Crippen molar-refractivity contribution in [1.29, 1.82) is 0 Å². The summed E-state index contributed by atoms with van der Waals surface area (Å²) < 4.78 is 25.2. The average molecular weight is 303 g/mol. The molecule has 7 nitrogen and oxygen atoms in total. The zero-order valence-corrected chi connectivity index (χ0v) is 12.6. The van der Waals surface area contributed by atoms with Gasteiger partial charge < -0.3 is 5.73 Å². The van der Waals surface area contributed by atoms with Crippen molar-refractivity contribution in [2.45, 2.75) is 39.8 Å². The Morgan fingerprint density at radius 2 is 1.85 bits per heavy atom. The van der Waals surface area contributed by atoms with Crippen LogP contribution in [-0.4, -0.2) is 29.1 Å². The topological polar surface area (TPSA) is 104 Å². The lowest BCUT2D eigenvalue weighted by Gasteiger charge is -2.10. The van der Waals surface area contributed by atoms with Crippen LogP contribution in [0.2, 0.25) is 0 Å². The van der Waals surface area contributed by atoms with E-state index in [1.54, 1.807) is 6.92 Å². The van der Waals surface area contributed by atoms with Crippen LogP contribution in [0.15, 0.2) is 15.8 Å². The molecule has 2 N–H and O–H groups in total. The zero-order chi connectivity index (χ0) is 15.3. The second-order valence-corrected chi connectivity index (χ2v) is 7.08. The maximum absolute atomic E-state index is 12.1. The van der Waals surface area contributed by atoms with Crippen LogP contribution < -0.4 is 17.0 Å². The standard InChI is InChI=1S/C12H21N3O4S/c1-3-6-14-9-10(13)11(16)15(12(14)17)7-5-8-20(18,19)4-2/h9H,3-8,13H2,1-2H3. The number of aryl methyl sites for hydroxylation is 1. The van der Waals surface area contributed by atoms with Gasteiger partial charge in [-0.15, -0.1) is 0 Å². The molecule has 1 aromatic heterocycles. The van der Waals surface area contributed by atoms with Crippen LogP contribution in [0.5, 0.6) is 0 Å². The van der Waals surface area contributed by atoms with Crippen LogP contribution in [-0.2, 0) is 22.9 Å². The van der Waals surface area contributed by atoms with Gasteiger partial charge in [0.15, 0.2) is 0 Å². The van der Waals surface area contributed by atoms with Crippen LogP contribution in [0.25, 0.3) is 0 Å². The second kappa shape index (κ2) is 6.74. The van der Waals surface area contributed by atoms with Gasteiger partial charge in [-0.3, -0.25) is 13.9 Å². The summed E-state index contributed by atoms with van der Waals surface area (Å²) in [6, 6.07) is 0. The minimum absolute atomic E-state index is 0.00333. The van der Waals surface area contributed by atoms with Crippen LogP contribution >= 0.6 is 0 Å². The molecule has 20 heavy (non-hydrogen) atoms. The van der Waals surface area contributed by atoms with Gasteiger partial charge in [-0.25, -0.2) is 13.2 Å². The Hall–Kier alpha value is -1.57. The van der Waals surface area contributed by atoms with E-state index < -0.39 is 21.1 Å². The number of nitrogens with two attached hydrogens (primary N) is 1. The number of nitrogen functional groups attached to an aromatic ring is 1. The van der Waals surface area contributed by atoms with E-state index in [1.165, 1.54) is 10.8 Å². The number of anilines is 1. The molecular weight excluding hydrogens is 282 g/mol. The van der Waals surface area contributed by atoms with Crippen LogP contribution in [0.3, 0.4) is 0 Å². The fourth-order valence-electron chi connectivity index (χ4n) is 1.86. The summed E-state index contributed by atoms with van der Waals surface area (Å²) in [6.45, 7) is 4.00. The third-order valence-electron chi connectivity index (χ3n) is 3.01. The highest BCUT2D eigenvalue weighted by Crippen LogP contribution is 1.97. The first-order chi connectivity index (χ1) is 9.32. The predicted molar refractivity (Wildman–Crippen MR) is 78.6 cm³/mol. The summed E-state index contributed by atoms with van der Waals surface area (Å²) in [7, 11) is -3.10. The molecule has 114 valence electrons. The molecule has 0 aliphatic rings. The van der Waals surface area contributed by atoms with Gasteiger partial charge in [0.25, 0.3) is 5.56 Å². The van der Waals surface area contributed by atoms with E-state index in [1.807, 2.05) is 6.92 Å². The number of sulfone groups is 1. The third-order valence-corrected chi connectivity index (χ3v) is 4.80. The highest BCUT2D eigenvalue weighted by Gasteiger charge is 2.11. The molecule has 0 aromatic carbocycles. The summed E-state index contributed by atoms with van der Waals surface area (Å²) in [5, 5.41) is 0. The van der Waals surface area contributed by atoms with Gasteiger partial charge in [0.1, 0.15) is 15.5 Å². The molecule has 0 saturated carbocycles. The van der Waals surface area contributed by atoms with E-state index in [9.17, 15) is 18.0 Å². The Labute approximate surface area is 117 Å². The van der Waals surface area contributed by atoms with Crippen molar-refractivity contribution in [2.24, 2.45) is 0 Å². The van der Waals surface area contributed by atoms with E-state index in [0.717, 1.165) is 11.0 Å². The number of hydrogen-bond acceptors (Lipinski definition) is 5. The summed E-state index contributed by atoms with van der Waals surface area (Å²) >= 11 is 0. The van der Waals surface area contributed by atoms with Crippen molar-refractivity contribution >= 4 is 15.5 Å². The van der Waals surface area contributed by atoms with E-state index in [2.05, 4.69) is 0 Å². The van der Waals surface area contributed by atoms with E-state index in [4.69, 9.17) is 5.73 Å². The van der Waals surface area contributed by atoms with Crippen molar-refractivity contribution in [3.05, 3.63) is 27.0 Å². The molecule has 1 rings (SSSR count). The Morgan fingerprint density at radius 3 is 2.40 bits per heavy atom. The minimum Gasteiger partial charge on any atom is -0.393 e. The number of aromatic nitrogens is 2. The third kappa shape index (κ3) is 3.96. The van der Waals surface area contributed by atoms with E-state index >= 15 is 0 Å². The smallest absolute Gasteiger partial charge is 0.331 e. The first-order valence-electron chi connectivity index (χ1n) is 6.62. The summed E-state index contributed by atoms with van der Waals surface area (Å²) in [5.74, 6) is 0.0108. The summed E-state index contributed by atoms with van der Waals surface area (Å²) in [5.41, 5.74) is 4.59. The molecule has 0 spiro atoms. The molecule has 1 aromatic rings. The van der Waals surface area contributed by atoms with Gasteiger partial charge >= 0.3 is 5.69 Å². The molecule has 0 radical (unpaired) electrons. The monoisotopic (exact) mass is 303 g/mol. The Balaban J connectivity index is 3.00. The second-order valence-electron chi connectivity index (χ2n) is 4.61. The van der Waals surface area contributed by atoms with E-state index in [0.29, 0.717) is 6.54 Å². The van der Waals surface area contributed by atoms with Gasteiger partial charge in [-0.1, -0.05) is 13.8 Å². The molecule has 0 fully saturated rings. The lowest BCUT2D eigenvalue weighted by molar-refractivity contribution is 0.538. The quantitative estimate of drug-likeness (QED) is 0.753. The van der Waals surface area contributed by atoms with Gasteiger partial charge in [-0.2, -0.15) is 0 Å². The molecule has 1 heterocycles. The Morgan fingerprint density at radius 1 is 1.20 bits per heavy atom. The van der Waals surface area contributed by atoms with Crippen LogP contribution in [0.4, 0.5) is 5.69 Å². The minimum atomic E-state index is -3.10. The maximum atomic E-state index is 12.1. The molecule has 0 atom stereocenters. The van der Waals surface area contributed by atoms with Crippen LogP contribution in [0, 0.1) is 0 Å². The lowest BCUT2D eigenvalue weighted by Crippen LogP contribution is -2.41. The van der Waals surface area contributed by atoms with Gasteiger partial charge in [0.05, 0.1) is 5.75 Å². The molecule has 0 unspecified atom stereocenters. The normalized spacial score (nSPS) is 11.7. The molecule has 0 aliphatic heterocycles. The predicted octanol–water partition coefficient (Wildman–Crippen LogP) is -0.173. The zero-order valence-electron chi connectivity index (χ0n) is 11.8. The van der Waals surface area contributed by atoms with E-state index in [-0.39, 0.29) is 30.2 Å². The number of nitrogens with zero attached hydrogens (tertiary/aromatic N) is 2. The van der Waals surface area contributed by atoms with Crippen molar-refractivity contribution in [1.82, 2.24) is 9.13 Å². The van der Waals surface area contributed by atoms with Crippen molar-refractivity contribution < 1.29 is 8.42 Å². The summed E-state index contributed by atoms with van der Waals surface area (Å²) in [6.07, 6.45) is 2.30. The van der Waals surface area contributed by atoms with Gasteiger partial charge in [0.2, 0.25) is 0 Å². The molecule has 0 bridgehead atoms. The first kappa shape index (κ1) is 16.5. The summed E-state index contributed by atoms with van der Waals surface area (Å²) in [4.78, 5) is 23.9. The molecule has 0 amide bonds. The van der Waals surface area contributed by atoms with Crippen molar-refractivity contribution in [2.75, 3.05) is 17.2 Å². The molecular formula is C12H21N3O4S. The highest BCUT2D eigenvalue weighted by atomic mass is 32.2. The fraction of sp³-hybridized carbons (Fsp3) is 0.667. The molecule has 0 aliphatic carbocycles. The average Bonchev–Trinajstić information content (AvgIpc) is 2.40. The number of rotatable bonds is 7. The Bertz CT molecular complexity index is 673. The molecule has 8 heteroatoms. The SMILES string of the molecule is CCCn1cc(N)c(=O)n(CCCS(=O)(=O)CC)c1=O. The molecule has 0 saturated heterocycles. The maximum Gasteiger partial charge on any atom is 0.331 e. The van der Waals surface area contributed by atoms with Crippen molar-refractivity contribution in [3.8, 4) is 0 Å². The lowest BCUT2D eigenvalue weighted by atomic mass is 10.4. The Kier molecular flexibility index (Phi) is 5.55. The highest BCUT2D eigenvalue weighted by molar-refractivity contribution is 7.91. The van der Waals surface area contributed by atoms with Gasteiger partial charge in [0, 0.05) is 25.0 Å². The first-order valence-corrected chi connectivity index (χ1v) is 8.44. The van der Waals surface area contributed by atoms with Gasteiger partial charge in [-0.05, 0) is 12.8 Å². The van der Waals surface area contributed by atoms with Crippen molar-refractivity contribution in [3.63, 3.8) is 0 Å². The number of hydrogen-bond donors (Lipinski definition) is 1.